The molecule has 0 unspecified atom stereocenters. The fraction of sp³-hybridized carbons (Fsp3) is 0.160. The number of H-pyrrole nitrogens is 1. The molecule has 1 amide bonds. The van der Waals surface area contributed by atoms with Crippen LogP contribution in [0.5, 0.6) is 0 Å². The summed E-state index contributed by atoms with van der Waals surface area (Å²) in [5.74, 6) is -0.0166. The number of aryl methyl sites for hydroxylation is 1. The Morgan fingerprint density at radius 1 is 1.03 bits per heavy atom. The number of nitrogens with zero attached hydrogens (tertiary/aromatic N) is 5. The van der Waals surface area contributed by atoms with Crippen molar-refractivity contribution in [2.75, 3.05) is 5.32 Å². The quantitative estimate of drug-likeness (QED) is 0.380. The van der Waals surface area contributed by atoms with Crippen molar-refractivity contribution in [1.29, 1.82) is 0 Å². The summed E-state index contributed by atoms with van der Waals surface area (Å²) in [5, 5.41) is 6.58. The van der Waals surface area contributed by atoms with Gasteiger partial charge in [0.15, 0.2) is 5.82 Å². The normalized spacial score (nSPS) is 11.1. The topological polar surface area (TPSA) is 133 Å². The van der Waals surface area contributed by atoms with E-state index in [4.69, 9.17) is 4.52 Å². The third-order valence-electron chi connectivity index (χ3n) is 5.94. The summed E-state index contributed by atoms with van der Waals surface area (Å²) in [4.78, 5) is 44.6. The molecule has 0 spiro atoms. The summed E-state index contributed by atoms with van der Waals surface area (Å²) in [6, 6.07) is 16.2. The van der Waals surface area contributed by atoms with Gasteiger partial charge in [-0.25, -0.2) is 9.48 Å². The summed E-state index contributed by atoms with van der Waals surface area (Å²) in [6.07, 6.45) is 1.47. The Morgan fingerprint density at radius 3 is 2.42 bits per heavy atom. The van der Waals surface area contributed by atoms with Gasteiger partial charge in [-0.05, 0) is 50.2 Å². The molecule has 5 rings (SSSR count). The van der Waals surface area contributed by atoms with Crippen LogP contribution in [0.2, 0.25) is 0 Å². The van der Waals surface area contributed by atoms with Crippen molar-refractivity contribution >= 4 is 11.6 Å². The minimum absolute atomic E-state index is 0.168. The predicted molar refractivity (Wildman–Crippen MR) is 132 cm³/mol. The lowest BCUT2D eigenvalue weighted by molar-refractivity contribution is -0.115. The van der Waals surface area contributed by atoms with E-state index in [1.54, 1.807) is 53.7 Å². The number of anilines is 1. The molecule has 182 valence electrons. The molecule has 11 heteroatoms. The third kappa shape index (κ3) is 4.06. The van der Waals surface area contributed by atoms with Crippen molar-refractivity contribution in [3.05, 3.63) is 98.8 Å². The highest BCUT2D eigenvalue weighted by atomic mass is 16.5. The van der Waals surface area contributed by atoms with E-state index < -0.39 is 5.91 Å². The standard InChI is InChI=1S/C25H23N7O4/c1-15-14-26-25(35)31(15)18-11-9-17(10-12-18)23-27-20(29-36-23)13-21(33)28-22-16(2)30(3)32(24(22)34)19-7-5-4-6-8-19/h4-12,14H,13H2,1-3H3,(H,26,35)(H,28,33). The maximum absolute atomic E-state index is 13.0. The molecule has 0 aliphatic heterocycles. The Hall–Kier alpha value is -4.93. The first kappa shape index (κ1) is 22.8. The number of carbonyl (C=O) groups excluding carboxylic acids is 1. The number of para-hydroxylation sites is 1. The number of rotatable bonds is 6. The van der Waals surface area contributed by atoms with E-state index in [9.17, 15) is 14.4 Å². The molecule has 0 atom stereocenters. The Bertz CT molecular complexity index is 1670. The van der Waals surface area contributed by atoms with Crippen LogP contribution in [0.15, 0.2) is 74.9 Å². The van der Waals surface area contributed by atoms with E-state index in [0.29, 0.717) is 22.6 Å². The number of hydrogen-bond donors (Lipinski definition) is 2. The number of amides is 1. The third-order valence-corrected chi connectivity index (χ3v) is 5.94. The average Bonchev–Trinajstić information content (AvgIpc) is 3.53. The minimum atomic E-state index is -0.439. The van der Waals surface area contributed by atoms with Crippen LogP contribution in [0.1, 0.15) is 17.2 Å². The van der Waals surface area contributed by atoms with Crippen molar-refractivity contribution in [3.8, 4) is 22.8 Å². The first-order valence-corrected chi connectivity index (χ1v) is 11.2. The zero-order chi connectivity index (χ0) is 25.4. The summed E-state index contributed by atoms with van der Waals surface area (Å²) in [7, 11) is 1.75. The van der Waals surface area contributed by atoms with Crippen LogP contribution in [0.25, 0.3) is 22.8 Å². The fourth-order valence-electron chi connectivity index (χ4n) is 4.01. The molecule has 0 aliphatic rings. The van der Waals surface area contributed by atoms with E-state index in [1.807, 2.05) is 37.3 Å². The number of aromatic amines is 1. The molecule has 3 aromatic heterocycles. The number of nitrogens with one attached hydrogen (secondary N) is 2. The minimum Gasteiger partial charge on any atom is -0.334 e. The monoisotopic (exact) mass is 485 g/mol. The summed E-state index contributed by atoms with van der Waals surface area (Å²) < 4.78 is 10.0. The van der Waals surface area contributed by atoms with Gasteiger partial charge in [0.2, 0.25) is 5.91 Å². The first-order valence-electron chi connectivity index (χ1n) is 11.2. The van der Waals surface area contributed by atoms with Gasteiger partial charge in [0.1, 0.15) is 5.69 Å². The van der Waals surface area contributed by atoms with Gasteiger partial charge in [0, 0.05) is 24.5 Å². The highest BCUT2D eigenvalue weighted by Crippen LogP contribution is 2.20. The SMILES string of the molecule is Cc1c[nH]c(=O)n1-c1ccc(-c2nc(CC(=O)Nc3c(C)n(C)n(-c4ccccc4)c3=O)no2)cc1. The van der Waals surface area contributed by atoms with E-state index >= 15 is 0 Å². The smallest absolute Gasteiger partial charge is 0.330 e. The van der Waals surface area contributed by atoms with Crippen molar-refractivity contribution in [2.45, 2.75) is 20.3 Å². The van der Waals surface area contributed by atoms with Gasteiger partial charge in [-0.3, -0.25) is 18.8 Å². The Balaban J connectivity index is 1.31. The largest absolute Gasteiger partial charge is 0.334 e. The Morgan fingerprint density at radius 2 is 1.75 bits per heavy atom. The van der Waals surface area contributed by atoms with Crippen LogP contribution in [0.4, 0.5) is 5.69 Å². The number of imidazole rings is 1. The first-order chi connectivity index (χ1) is 17.3. The van der Waals surface area contributed by atoms with E-state index in [0.717, 1.165) is 5.69 Å². The van der Waals surface area contributed by atoms with Crippen LogP contribution in [-0.2, 0) is 18.3 Å². The van der Waals surface area contributed by atoms with Crippen LogP contribution >= 0.6 is 0 Å². The second-order valence-electron chi connectivity index (χ2n) is 8.29. The molecular formula is C25H23N7O4. The number of benzene rings is 2. The molecule has 0 bridgehead atoms. The van der Waals surface area contributed by atoms with E-state index in [2.05, 4.69) is 20.4 Å². The van der Waals surface area contributed by atoms with E-state index in [-0.39, 0.29) is 35.1 Å². The molecule has 3 heterocycles. The molecular weight excluding hydrogens is 462 g/mol. The molecule has 11 nitrogen and oxygen atoms in total. The van der Waals surface area contributed by atoms with Crippen LogP contribution in [0.3, 0.4) is 0 Å². The Kier molecular flexibility index (Phi) is 5.72. The molecule has 36 heavy (non-hydrogen) atoms. The van der Waals surface area contributed by atoms with Gasteiger partial charge >= 0.3 is 5.69 Å². The fourth-order valence-corrected chi connectivity index (χ4v) is 4.01. The lowest BCUT2D eigenvalue weighted by Crippen LogP contribution is -2.23. The van der Waals surface area contributed by atoms with Crippen LogP contribution in [0, 0.1) is 13.8 Å². The van der Waals surface area contributed by atoms with Crippen molar-refractivity contribution in [3.63, 3.8) is 0 Å². The molecule has 0 radical (unpaired) electrons. The molecule has 0 saturated carbocycles. The highest BCUT2D eigenvalue weighted by molar-refractivity contribution is 5.92. The number of aromatic nitrogens is 6. The average molecular weight is 486 g/mol. The van der Waals surface area contributed by atoms with Gasteiger partial charge in [0.25, 0.3) is 11.4 Å². The summed E-state index contributed by atoms with van der Waals surface area (Å²) in [5.41, 5.74) is 3.06. The Labute approximate surface area is 204 Å². The lowest BCUT2D eigenvalue weighted by Gasteiger charge is -2.07. The highest BCUT2D eigenvalue weighted by Gasteiger charge is 2.20. The molecule has 0 aliphatic carbocycles. The van der Waals surface area contributed by atoms with Gasteiger partial charge < -0.3 is 14.8 Å². The number of hydrogen-bond acceptors (Lipinski definition) is 6. The second-order valence-corrected chi connectivity index (χ2v) is 8.29. The zero-order valence-electron chi connectivity index (χ0n) is 19.8. The number of carbonyl (C=O) groups is 1. The molecule has 5 aromatic rings. The molecule has 2 N–H and O–H groups in total. The molecule has 0 fully saturated rings. The van der Waals surface area contributed by atoms with Gasteiger partial charge in [-0.2, -0.15) is 4.98 Å². The van der Waals surface area contributed by atoms with Gasteiger partial charge in [-0.1, -0.05) is 23.4 Å². The zero-order valence-corrected chi connectivity index (χ0v) is 19.8. The van der Waals surface area contributed by atoms with Gasteiger partial charge in [0.05, 0.1) is 23.5 Å². The van der Waals surface area contributed by atoms with Crippen molar-refractivity contribution in [1.82, 2.24) is 29.1 Å². The van der Waals surface area contributed by atoms with Crippen LogP contribution in [-0.4, -0.2) is 35.0 Å². The van der Waals surface area contributed by atoms with Crippen molar-refractivity contribution in [2.24, 2.45) is 7.05 Å². The van der Waals surface area contributed by atoms with Crippen molar-refractivity contribution < 1.29 is 9.32 Å². The second kappa shape index (κ2) is 9.02. The predicted octanol–water partition coefficient (Wildman–Crippen LogP) is 2.50. The maximum atomic E-state index is 13.0. The maximum Gasteiger partial charge on any atom is 0.330 e. The van der Waals surface area contributed by atoms with E-state index in [1.165, 1.54) is 4.68 Å². The molecule has 2 aromatic carbocycles. The molecule has 0 saturated heterocycles. The van der Waals surface area contributed by atoms with Gasteiger partial charge in [-0.15, -0.1) is 0 Å². The summed E-state index contributed by atoms with van der Waals surface area (Å²) in [6.45, 7) is 3.59. The van der Waals surface area contributed by atoms with Crippen LogP contribution < -0.4 is 16.6 Å². The summed E-state index contributed by atoms with van der Waals surface area (Å²) >= 11 is 0. The lowest BCUT2D eigenvalue weighted by atomic mass is 10.2.